The number of nitrogens with zero attached hydrogens (tertiary/aromatic N) is 2. The van der Waals surface area contributed by atoms with Crippen LogP contribution >= 0.6 is 11.6 Å². The maximum atomic E-state index is 14.2. The van der Waals surface area contributed by atoms with Gasteiger partial charge in [-0.05, 0) is 81.7 Å². The molecule has 3 aliphatic rings. The van der Waals surface area contributed by atoms with Crippen molar-refractivity contribution in [2.75, 3.05) is 31.2 Å². The zero-order valence-electron chi connectivity index (χ0n) is 24.1. The summed E-state index contributed by atoms with van der Waals surface area (Å²) in [6.07, 6.45) is 2.46. The molecule has 216 valence electrons. The molecule has 0 radical (unpaired) electrons. The van der Waals surface area contributed by atoms with Gasteiger partial charge in [0.2, 0.25) is 5.91 Å². The van der Waals surface area contributed by atoms with Crippen molar-refractivity contribution >= 4 is 40.9 Å². The summed E-state index contributed by atoms with van der Waals surface area (Å²) in [5.41, 5.74) is 7.81. The maximum Gasteiger partial charge on any atom is 0.410 e. The molecule has 2 saturated heterocycles. The van der Waals surface area contributed by atoms with E-state index in [2.05, 4.69) is 12.1 Å². The lowest BCUT2D eigenvalue weighted by Gasteiger charge is -2.34. The van der Waals surface area contributed by atoms with E-state index in [1.54, 1.807) is 28.0 Å². The van der Waals surface area contributed by atoms with Gasteiger partial charge in [0.25, 0.3) is 5.91 Å². The number of amides is 3. The van der Waals surface area contributed by atoms with Crippen LogP contribution in [0.15, 0.2) is 36.4 Å². The van der Waals surface area contributed by atoms with Gasteiger partial charge in [-0.1, -0.05) is 43.6 Å². The summed E-state index contributed by atoms with van der Waals surface area (Å²) in [7, 11) is 0. The molecule has 2 aromatic carbocycles. The SMILES string of the molecule is CC.CC(C)(C)OC(=O)N1CCC(c2ccc3c(c2)C2(CCOCC2)C(=O)N3c2cccc(Cl)c2C(N)=O)CC1. The van der Waals surface area contributed by atoms with Gasteiger partial charge in [-0.2, -0.15) is 0 Å². The topological polar surface area (TPSA) is 102 Å². The molecule has 5 rings (SSSR count). The van der Waals surface area contributed by atoms with Crippen LogP contribution < -0.4 is 10.6 Å². The van der Waals surface area contributed by atoms with Crippen LogP contribution in [0.5, 0.6) is 0 Å². The molecule has 3 amide bonds. The van der Waals surface area contributed by atoms with Crippen LogP contribution in [0.1, 0.15) is 87.7 Å². The molecule has 40 heavy (non-hydrogen) atoms. The van der Waals surface area contributed by atoms with E-state index in [0.29, 0.717) is 44.8 Å². The van der Waals surface area contributed by atoms with Crippen molar-refractivity contribution in [1.82, 2.24) is 4.90 Å². The van der Waals surface area contributed by atoms with Crippen molar-refractivity contribution in [3.05, 3.63) is 58.1 Å². The Bertz CT molecular complexity index is 1270. The van der Waals surface area contributed by atoms with Gasteiger partial charge in [0, 0.05) is 26.3 Å². The van der Waals surface area contributed by atoms with Crippen LogP contribution in [0.25, 0.3) is 0 Å². The van der Waals surface area contributed by atoms with E-state index in [-0.39, 0.29) is 28.5 Å². The minimum atomic E-state index is -0.738. The number of hydrogen-bond acceptors (Lipinski definition) is 5. The van der Waals surface area contributed by atoms with Crippen molar-refractivity contribution in [1.29, 1.82) is 0 Å². The fourth-order valence-corrected chi connectivity index (χ4v) is 6.19. The predicted octanol–water partition coefficient (Wildman–Crippen LogP) is 6.31. The fourth-order valence-electron chi connectivity index (χ4n) is 5.93. The van der Waals surface area contributed by atoms with Gasteiger partial charge in [-0.3, -0.25) is 14.5 Å². The monoisotopic (exact) mass is 569 g/mol. The van der Waals surface area contributed by atoms with Crippen molar-refractivity contribution < 1.29 is 23.9 Å². The summed E-state index contributed by atoms with van der Waals surface area (Å²) in [4.78, 5) is 42.4. The number of carbonyl (C=O) groups is 3. The summed E-state index contributed by atoms with van der Waals surface area (Å²) in [6.45, 7) is 11.8. The number of nitrogens with two attached hydrogens (primary N) is 1. The first-order chi connectivity index (χ1) is 19.0. The Balaban J connectivity index is 0.00000181. The molecule has 3 heterocycles. The van der Waals surface area contributed by atoms with Crippen molar-refractivity contribution in [3.8, 4) is 0 Å². The molecule has 1 spiro atoms. The Morgan fingerprint density at radius 3 is 2.30 bits per heavy atom. The summed E-state index contributed by atoms with van der Waals surface area (Å²) >= 11 is 6.36. The van der Waals surface area contributed by atoms with Gasteiger partial charge in [-0.25, -0.2) is 4.79 Å². The normalized spacial score (nSPS) is 18.7. The van der Waals surface area contributed by atoms with Crippen molar-refractivity contribution in [3.63, 3.8) is 0 Å². The number of primary amides is 1. The number of carbonyl (C=O) groups excluding carboxylic acids is 3. The molecule has 9 heteroatoms. The molecule has 3 aliphatic heterocycles. The van der Waals surface area contributed by atoms with Gasteiger partial charge in [-0.15, -0.1) is 0 Å². The van der Waals surface area contributed by atoms with Crippen LogP contribution in [0.4, 0.5) is 16.2 Å². The van der Waals surface area contributed by atoms with Crippen LogP contribution in [0.2, 0.25) is 5.02 Å². The molecule has 0 atom stereocenters. The molecular formula is C31H40ClN3O5. The smallest absolute Gasteiger partial charge is 0.410 e. The average Bonchev–Trinajstić information content (AvgIpc) is 3.15. The second kappa shape index (κ2) is 11.8. The Morgan fingerprint density at radius 1 is 1.05 bits per heavy atom. The zero-order valence-corrected chi connectivity index (χ0v) is 24.8. The molecule has 0 saturated carbocycles. The molecule has 0 unspecified atom stereocenters. The average molecular weight is 570 g/mol. The predicted molar refractivity (Wildman–Crippen MR) is 156 cm³/mol. The largest absolute Gasteiger partial charge is 0.444 e. The number of anilines is 2. The molecule has 2 aromatic rings. The number of hydrogen-bond donors (Lipinski definition) is 1. The van der Waals surface area contributed by atoms with E-state index in [1.807, 2.05) is 40.7 Å². The van der Waals surface area contributed by atoms with E-state index in [4.69, 9.17) is 26.8 Å². The van der Waals surface area contributed by atoms with Crippen LogP contribution in [-0.4, -0.2) is 54.7 Å². The third kappa shape index (κ3) is 5.56. The molecule has 8 nitrogen and oxygen atoms in total. The first-order valence-corrected chi connectivity index (χ1v) is 14.5. The highest BCUT2D eigenvalue weighted by molar-refractivity contribution is 6.35. The number of piperidine rings is 1. The van der Waals surface area contributed by atoms with E-state index in [9.17, 15) is 14.4 Å². The summed E-state index contributed by atoms with van der Waals surface area (Å²) in [6, 6.07) is 11.2. The highest BCUT2D eigenvalue weighted by Crippen LogP contribution is 2.52. The quantitative estimate of drug-likeness (QED) is 0.467. The third-order valence-electron chi connectivity index (χ3n) is 7.83. The van der Waals surface area contributed by atoms with E-state index in [1.165, 1.54) is 0 Å². The van der Waals surface area contributed by atoms with Crippen molar-refractivity contribution in [2.45, 2.75) is 77.2 Å². The zero-order chi connectivity index (χ0) is 29.2. The van der Waals surface area contributed by atoms with Crippen LogP contribution in [0, 0.1) is 0 Å². The Labute approximate surface area is 241 Å². The lowest BCUT2D eigenvalue weighted by Crippen LogP contribution is -2.43. The highest BCUT2D eigenvalue weighted by atomic mass is 35.5. The minimum Gasteiger partial charge on any atom is -0.444 e. The summed E-state index contributed by atoms with van der Waals surface area (Å²) in [5, 5.41) is 0.214. The number of halogens is 1. The van der Waals surface area contributed by atoms with Gasteiger partial charge >= 0.3 is 6.09 Å². The molecule has 0 bridgehead atoms. The standard InChI is InChI=1S/C29H34ClN3O5.C2H6/c1-28(2,3)38-27(36)32-13-9-18(10-14-32)19-7-8-22-20(17-19)29(11-15-37-16-12-29)26(35)33(22)23-6-4-5-21(30)24(23)25(31)34;1-2/h4-8,17-18H,9-16H2,1-3H3,(H2,31,34);1-2H3. The van der Waals surface area contributed by atoms with E-state index >= 15 is 0 Å². The van der Waals surface area contributed by atoms with Crippen LogP contribution in [0.3, 0.4) is 0 Å². The second-order valence-corrected chi connectivity index (χ2v) is 11.8. The second-order valence-electron chi connectivity index (χ2n) is 11.4. The number of likely N-dealkylation sites (tertiary alicyclic amines) is 1. The number of fused-ring (bicyclic) bond motifs is 2. The molecule has 2 fully saturated rings. The lowest BCUT2D eigenvalue weighted by molar-refractivity contribution is -0.125. The minimum absolute atomic E-state index is 0.0857. The lowest BCUT2D eigenvalue weighted by atomic mass is 9.74. The van der Waals surface area contributed by atoms with Gasteiger partial charge in [0.1, 0.15) is 5.60 Å². The van der Waals surface area contributed by atoms with Gasteiger partial charge in [0.05, 0.1) is 27.4 Å². The first-order valence-electron chi connectivity index (χ1n) is 14.1. The molecule has 0 aromatic heterocycles. The van der Waals surface area contributed by atoms with Crippen molar-refractivity contribution in [2.24, 2.45) is 5.73 Å². The number of ether oxygens (including phenoxy) is 2. The third-order valence-corrected chi connectivity index (χ3v) is 8.15. The Hall–Kier alpha value is -3.10. The highest BCUT2D eigenvalue weighted by Gasteiger charge is 2.52. The maximum absolute atomic E-state index is 14.2. The number of rotatable bonds is 3. The van der Waals surface area contributed by atoms with E-state index < -0.39 is 16.9 Å². The van der Waals surface area contributed by atoms with Gasteiger partial charge < -0.3 is 20.1 Å². The van der Waals surface area contributed by atoms with Crippen LogP contribution in [-0.2, 0) is 19.7 Å². The van der Waals surface area contributed by atoms with E-state index in [0.717, 1.165) is 29.7 Å². The van der Waals surface area contributed by atoms with Gasteiger partial charge in [0.15, 0.2) is 0 Å². The molecule has 0 aliphatic carbocycles. The Kier molecular flexibility index (Phi) is 8.80. The Morgan fingerprint density at radius 2 is 1.70 bits per heavy atom. The summed E-state index contributed by atoms with van der Waals surface area (Å²) in [5.74, 6) is -0.508. The first kappa shape index (κ1) is 29.9. The molecular weight excluding hydrogens is 530 g/mol. The molecule has 2 N–H and O–H groups in total. The number of benzene rings is 2. The fraction of sp³-hybridized carbons (Fsp3) is 0.516. The summed E-state index contributed by atoms with van der Waals surface area (Å²) < 4.78 is 11.2.